The van der Waals surface area contributed by atoms with E-state index < -0.39 is 5.97 Å². The van der Waals surface area contributed by atoms with Crippen molar-refractivity contribution < 1.29 is 19.1 Å². The van der Waals surface area contributed by atoms with Crippen LogP contribution in [-0.4, -0.2) is 24.2 Å². The quantitative estimate of drug-likeness (QED) is 0.472. The lowest BCUT2D eigenvalue weighted by atomic mass is 10.2. The smallest absolute Gasteiger partial charge is 0.308 e. The van der Waals surface area contributed by atoms with Crippen molar-refractivity contribution in [1.29, 1.82) is 0 Å². The van der Waals surface area contributed by atoms with Crippen molar-refractivity contribution >= 4 is 52.2 Å². The minimum atomic E-state index is -0.437. The maximum absolute atomic E-state index is 12.2. The summed E-state index contributed by atoms with van der Waals surface area (Å²) < 4.78 is 10.3. The van der Waals surface area contributed by atoms with E-state index >= 15 is 0 Å². The largest absolute Gasteiger partial charge is 0.493 e. The van der Waals surface area contributed by atoms with Crippen LogP contribution in [0.3, 0.4) is 0 Å². The lowest BCUT2D eigenvalue weighted by Gasteiger charge is -2.08. The van der Waals surface area contributed by atoms with Gasteiger partial charge >= 0.3 is 5.97 Å². The second-order valence-corrected chi connectivity index (χ2v) is 6.93. The van der Waals surface area contributed by atoms with Crippen LogP contribution in [0.1, 0.15) is 12.5 Å². The summed E-state index contributed by atoms with van der Waals surface area (Å²) in [5.41, 5.74) is 1.42. The molecule has 0 radical (unpaired) electrons. The molecular formula is C19H15ClN2O4S. The Morgan fingerprint density at radius 2 is 1.93 bits per heavy atom. The maximum atomic E-state index is 12.2. The first-order valence-electron chi connectivity index (χ1n) is 7.86. The first kappa shape index (κ1) is 19.0. The number of hydrogen-bond donors (Lipinski definition) is 1. The van der Waals surface area contributed by atoms with Gasteiger partial charge in [-0.2, -0.15) is 0 Å². The minimum absolute atomic E-state index is 0.240. The van der Waals surface area contributed by atoms with E-state index in [4.69, 9.17) is 21.1 Å². The zero-order valence-corrected chi connectivity index (χ0v) is 16.1. The SMILES string of the molecule is COc1cc(/C=C2\SC(=Nc3ccc(Cl)cc3)NC2=O)ccc1OC(C)=O. The molecule has 0 unspecified atom stereocenters. The van der Waals surface area contributed by atoms with Crippen LogP contribution in [0.25, 0.3) is 6.08 Å². The topological polar surface area (TPSA) is 77.0 Å². The molecule has 1 fully saturated rings. The Labute approximate surface area is 165 Å². The Morgan fingerprint density at radius 3 is 2.59 bits per heavy atom. The standard InChI is InChI=1S/C19H15ClN2O4S/c1-11(23)26-15-8-3-12(9-16(15)25-2)10-17-18(24)22-19(27-17)21-14-6-4-13(20)5-7-14/h3-10H,1-2H3,(H,21,22,24)/b17-10-. The second kappa shape index (κ2) is 8.28. The van der Waals surface area contributed by atoms with E-state index in [2.05, 4.69) is 10.3 Å². The fourth-order valence-corrected chi connectivity index (χ4v) is 3.25. The number of esters is 1. The Bertz CT molecular complexity index is 955. The van der Waals surface area contributed by atoms with Gasteiger partial charge in [0.05, 0.1) is 17.7 Å². The number of carbonyl (C=O) groups excluding carboxylic acids is 2. The van der Waals surface area contributed by atoms with Crippen molar-refractivity contribution in [3.05, 3.63) is 58.0 Å². The summed E-state index contributed by atoms with van der Waals surface area (Å²) in [5.74, 6) is 0.0441. The number of rotatable bonds is 4. The van der Waals surface area contributed by atoms with Gasteiger partial charge in [-0.05, 0) is 59.8 Å². The zero-order chi connectivity index (χ0) is 19.4. The number of benzene rings is 2. The first-order valence-corrected chi connectivity index (χ1v) is 9.05. The number of thioether (sulfide) groups is 1. The number of amides is 1. The van der Waals surface area contributed by atoms with Gasteiger partial charge in [0.2, 0.25) is 0 Å². The molecule has 8 heteroatoms. The van der Waals surface area contributed by atoms with Gasteiger partial charge in [-0.3, -0.25) is 9.59 Å². The summed E-state index contributed by atoms with van der Waals surface area (Å²) in [6, 6.07) is 12.0. The highest BCUT2D eigenvalue weighted by molar-refractivity contribution is 8.18. The number of nitrogens with zero attached hydrogens (tertiary/aromatic N) is 1. The first-order chi connectivity index (χ1) is 12.9. The summed E-state index contributed by atoms with van der Waals surface area (Å²) in [6.45, 7) is 1.32. The van der Waals surface area contributed by atoms with E-state index in [0.717, 1.165) is 5.56 Å². The lowest BCUT2D eigenvalue weighted by molar-refractivity contribution is -0.132. The molecule has 138 valence electrons. The predicted molar refractivity (Wildman–Crippen MR) is 107 cm³/mol. The monoisotopic (exact) mass is 402 g/mol. The van der Waals surface area contributed by atoms with Gasteiger partial charge < -0.3 is 14.8 Å². The molecule has 1 saturated heterocycles. The van der Waals surface area contributed by atoms with Crippen molar-refractivity contribution in [3.8, 4) is 11.5 Å². The van der Waals surface area contributed by atoms with Crippen molar-refractivity contribution in [1.82, 2.24) is 5.32 Å². The summed E-state index contributed by atoms with van der Waals surface area (Å²) in [6.07, 6.45) is 1.71. The molecule has 6 nitrogen and oxygen atoms in total. The molecule has 0 aromatic heterocycles. The van der Waals surface area contributed by atoms with E-state index in [9.17, 15) is 9.59 Å². The molecule has 2 aromatic carbocycles. The molecule has 1 aliphatic heterocycles. The molecule has 1 amide bonds. The number of hydrogen-bond acceptors (Lipinski definition) is 6. The minimum Gasteiger partial charge on any atom is -0.493 e. The van der Waals surface area contributed by atoms with E-state index in [1.54, 1.807) is 48.5 Å². The Balaban J connectivity index is 1.81. The third-order valence-corrected chi connectivity index (χ3v) is 4.61. The molecule has 0 spiro atoms. The van der Waals surface area contributed by atoms with Crippen molar-refractivity contribution in [2.45, 2.75) is 6.92 Å². The maximum Gasteiger partial charge on any atom is 0.308 e. The van der Waals surface area contributed by atoms with Gasteiger partial charge in [0, 0.05) is 11.9 Å². The highest BCUT2D eigenvalue weighted by Gasteiger charge is 2.24. The molecule has 1 aliphatic rings. The van der Waals surface area contributed by atoms with Crippen molar-refractivity contribution in [3.63, 3.8) is 0 Å². The van der Waals surface area contributed by atoms with Gasteiger partial charge in [-0.1, -0.05) is 17.7 Å². The predicted octanol–water partition coefficient (Wildman–Crippen LogP) is 4.17. The van der Waals surface area contributed by atoms with Crippen LogP contribution in [-0.2, 0) is 9.59 Å². The number of methoxy groups -OCH3 is 1. The Morgan fingerprint density at radius 1 is 1.19 bits per heavy atom. The summed E-state index contributed by atoms with van der Waals surface area (Å²) >= 11 is 7.09. The van der Waals surface area contributed by atoms with Crippen molar-refractivity contribution in [2.24, 2.45) is 4.99 Å². The third kappa shape index (κ3) is 4.90. The average Bonchev–Trinajstić information content (AvgIpc) is 2.97. The van der Waals surface area contributed by atoms with E-state index in [0.29, 0.717) is 32.3 Å². The average molecular weight is 403 g/mol. The fourth-order valence-electron chi connectivity index (χ4n) is 2.28. The number of aliphatic imine (C=N–C) groups is 1. The van der Waals surface area contributed by atoms with Crippen LogP contribution in [0.4, 0.5) is 5.69 Å². The van der Waals surface area contributed by atoms with E-state index in [1.807, 2.05) is 0 Å². The highest BCUT2D eigenvalue weighted by Crippen LogP contribution is 2.32. The number of halogens is 1. The van der Waals surface area contributed by atoms with Gasteiger partial charge in [0.15, 0.2) is 16.7 Å². The Kier molecular flexibility index (Phi) is 5.83. The van der Waals surface area contributed by atoms with Crippen LogP contribution in [0.2, 0.25) is 5.02 Å². The molecule has 3 rings (SSSR count). The third-order valence-electron chi connectivity index (χ3n) is 3.45. The molecule has 2 aromatic rings. The molecule has 0 aliphatic carbocycles. The number of carbonyl (C=O) groups is 2. The molecular weight excluding hydrogens is 388 g/mol. The van der Waals surface area contributed by atoms with Crippen LogP contribution >= 0.6 is 23.4 Å². The molecule has 0 saturated carbocycles. The second-order valence-electron chi connectivity index (χ2n) is 5.46. The van der Waals surface area contributed by atoms with E-state index in [1.165, 1.54) is 25.8 Å². The van der Waals surface area contributed by atoms with Gasteiger partial charge in [-0.15, -0.1) is 0 Å². The van der Waals surface area contributed by atoms with Gasteiger partial charge in [0.1, 0.15) is 0 Å². The van der Waals surface area contributed by atoms with Crippen LogP contribution in [0, 0.1) is 0 Å². The number of nitrogens with one attached hydrogen (secondary N) is 1. The molecule has 1 heterocycles. The molecule has 1 N–H and O–H groups in total. The lowest BCUT2D eigenvalue weighted by Crippen LogP contribution is -2.19. The normalized spacial score (nSPS) is 16.5. The highest BCUT2D eigenvalue weighted by atomic mass is 35.5. The van der Waals surface area contributed by atoms with Gasteiger partial charge in [0.25, 0.3) is 5.91 Å². The summed E-state index contributed by atoms with van der Waals surface area (Å²) in [4.78, 5) is 28.2. The number of ether oxygens (including phenoxy) is 2. The molecule has 0 bridgehead atoms. The van der Waals surface area contributed by atoms with E-state index in [-0.39, 0.29) is 5.91 Å². The number of amidine groups is 1. The molecule has 27 heavy (non-hydrogen) atoms. The van der Waals surface area contributed by atoms with Crippen LogP contribution in [0.15, 0.2) is 52.4 Å². The summed E-state index contributed by atoms with van der Waals surface area (Å²) in [7, 11) is 1.48. The fraction of sp³-hybridized carbons (Fsp3) is 0.105. The van der Waals surface area contributed by atoms with Crippen LogP contribution in [0.5, 0.6) is 11.5 Å². The summed E-state index contributed by atoms with van der Waals surface area (Å²) in [5, 5.41) is 3.83. The van der Waals surface area contributed by atoms with Crippen LogP contribution < -0.4 is 14.8 Å². The van der Waals surface area contributed by atoms with Crippen molar-refractivity contribution in [2.75, 3.05) is 7.11 Å². The Hall–Kier alpha value is -2.77. The molecule has 0 atom stereocenters. The van der Waals surface area contributed by atoms with Gasteiger partial charge in [-0.25, -0.2) is 4.99 Å². The zero-order valence-electron chi connectivity index (χ0n) is 14.5.